The lowest BCUT2D eigenvalue weighted by Crippen LogP contribution is -2.36. The minimum absolute atomic E-state index is 0.00272. The average molecular weight is 456 g/mol. The minimum atomic E-state index is -4.76. The number of nitrogens with zero attached hydrogens (tertiary/aromatic N) is 3. The third-order valence-corrected chi connectivity index (χ3v) is 5.25. The molecule has 1 aromatic carbocycles. The van der Waals surface area contributed by atoms with Gasteiger partial charge in [0, 0.05) is 18.8 Å². The van der Waals surface area contributed by atoms with Crippen molar-refractivity contribution in [3.63, 3.8) is 0 Å². The lowest BCUT2D eigenvalue weighted by Gasteiger charge is -2.28. The molecule has 0 bridgehead atoms. The lowest BCUT2D eigenvalue weighted by atomic mass is 10.0. The van der Waals surface area contributed by atoms with Gasteiger partial charge in [-0.25, -0.2) is 9.97 Å². The fourth-order valence-corrected chi connectivity index (χ4v) is 3.64. The highest BCUT2D eigenvalue weighted by Gasteiger charge is 2.37. The van der Waals surface area contributed by atoms with Crippen LogP contribution in [0.15, 0.2) is 18.2 Å². The Labute approximate surface area is 181 Å². The summed E-state index contributed by atoms with van der Waals surface area (Å²) in [5.41, 5.74) is 3.86. The Balaban J connectivity index is 1.99. The number of carbonyl (C=O) groups excluding carboxylic acids is 2. The van der Waals surface area contributed by atoms with Gasteiger partial charge in [0.05, 0.1) is 16.8 Å². The molecule has 0 spiro atoms. The molecule has 1 fully saturated rings. The number of primary amides is 1. The van der Waals surface area contributed by atoms with Crippen LogP contribution < -0.4 is 11.1 Å². The number of carbonyl (C=O) groups is 2. The normalized spacial score (nSPS) is 14.4. The zero-order valence-corrected chi connectivity index (χ0v) is 17.5. The summed E-state index contributed by atoms with van der Waals surface area (Å²) in [6, 6.07) is 3.22. The fourth-order valence-electron chi connectivity index (χ4n) is 3.38. The number of rotatable bonds is 5. The van der Waals surface area contributed by atoms with E-state index in [4.69, 9.17) is 17.3 Å². The minimum Gasteiger partial charge on any atom is -0.364 e. The van der Waals surface area contributed by atoms with Gasteiger partial charge in [0.25, 0.3) is 11.8 Å². The maximum atomic E-state index is 13.7. The highest BCUT2D eigenvalue weighted by atomic mass is 35.5. The number of hydrogen-bond acceptors (Lipinski definition) is 5. The SMILES string of the molecule is CCc1nc(C(N)=O)c(Nc2ccc(C(=O)N3CCCCC3)c(C(F)(F)F)c2)nc1Cl. The van der Waals surface area contributed by atoms with Crippen LogP contribution >= 0.6 is 11.6 Å². The van der Waals surface area contributed by atoms with Crippen LogP contribution in [0.1, 0.15) is 58.3 Å². The van der Waals surface area contributed by atoms with Crippen molar-refractivity contribution in [1.29, 1.82) is 0 Å². The number of hydrogen-bond donors (Lipinski definition) is 2. The summed E-state index contributed by atoms with van der Waals surface area (Å²) in [7, 11) is 0. The maximum absolute atomic E-state index is 13.7. The second-order valence-electron chi connectivity index (χ2n) is 7.11. The maximum Gasteiger partial charge on any atom is 0.417 e. The summed E-state index contributed by atoms with van der Waals surface area (Å²) >= 11 is 6.03. The van der Waals surface area contributed by atoms with Gasteiger partial charge in [-0.3, -0.25) is 9.59 Å². The van der Waals surface area contributed by atoms with E-state index in [2.05, 4.69) is 15.3 Å². The van der Waals surface area contributed by atoms with E-state index in [0.717, 1.165) is 31.4 Å². The van der Waals surface area contributed by atoms with Gasteiger partial charge in [0.2, 0.25) is 0 Å². The first-order chi connectivity index (χ1) is 14.6. The van der Waals surface area contributed by atoms with E-state index in [0.29, 0.717) is 25.2 Å². The molecule has 0 radical (unpaired) electrons. The number of nitrogens with one attached hydrogen (secondary N) is 1. The summed E-state index contributed by atoms with van der Waals surface area (Å²) in [4.78, 5) is 33.9. The van der Waals surface area contributed by atoms with E-state index in [1.54, 1.807) is 6.92 Å². The number of halogens is 4. The molecule has 3 N–H and O–H groups in total. The van der Waals surface area contributed by atoms with Crippen LogP contribution in [0.4, 0.5) is 24.7 Å². The summed E-state index contributed by atoms with van der Waals surface area (Å²) < 4.78 is 41.2. The molecule has 1 aliphatic heterocycles. The molecule has 2 heterocycles. The van der Waals surface area contributed by atoms with Crippen LogP contribution in [0, 0.1) is 0 Å². The van der Waals surface area contributed by atoms with Crippen LogP contribution in [0.3, 0.4) is 0 Å². The zero-order valence-electron chi connectivity index (χ0n) is 16.7. The van der Waals surface area contributed by atoms with Crippen molar-refractivity contribution in [2.24, 2.45) is 5.73 Å². The number of piperidine rings is 1. The topological polar surface area (TPSA) is 101 Å². The third-order valence-electron chi connectivity index (χ3n) is 4.95. The molecule has 31 heavy (non-hydrogen) atoms. The van der Waals surface area contributed by atoms with Crippen LogP contribution in [-0.4, -0.2) is 39.8 Å². The lowest BCUT2D eigenvalue weighted by molar-refractivity contribution is -0.138. The van der Waals surface area contributed by atoms with E-state index in [1.165, 1.54) is 11.0 Å². The highest BCUT2D eigenvalue weighted by molar-refractivity contribution is 6.30. The number of anilines is 2. The Morgan fingerprint density at radius 2 is 1.87 bits per heavy atom. The van der Waals surface area contributed by atoms with Gasteiger partial charge in [-0.2, -0.15) is 13.2 Å². The van der Waals surface area contributed by atoms with Crippen LogP contribution in [0.2, 0.25) is 5.15 Å². The molecule has 2 aromatic rings. The van der Waals surface area contributed by atoms with E-state index < -0.39 is 29.1 Å². The van der Waals surface area contributed by atoms with Crippen molar-refractivity contribution in [2.45, 2.75) is 38.8 Å². The molecule has 2 amide bonds. The number of benzene rings is 1. The molecule has 3 rings (SSSR count). The number of nitrogens with two attached hydrogens (primary N) is 1. The van der Waals surface area contributed by atoms with Crippen molar-refractivity contribution in [3.8, 4) is 0 Å². The predicted molar refractivity (Wildman–Crippen MR) is 109 cm³/mol. The van der Waals surface area contributed by atoms with Gasteiger partial charge in [0.1, 0.15) is 0 Å². The van der Waals surface area contributed by atoms with Crippen molar-refractivity contribution >= 4 is 34.9 Å². The van der Waals surface area contributed by atoms with Crippen molar-refractivity contribution in [1.82, 2.24) is 14.9 Å². The van der Waals surface area contributed by atoms with Gasteiger partial charge in [0.15, 0.2) is 16.7 Å². The quantitative estimate of drug-likeness (QED) is 0.704. The number of alkyl halides is 3. The standard InChI is InChI=1S/C20H21ClF3N5O2/c1-2-14-16(21)28-18(15(27-14)17(25)30)26-11-6-7-12(13(10-11)20(22,23)24)19(31)29-8-4-3-5-9-29/h6-7,10H,2-5,8-9H2,1H3,(H2,25,30)(H,26,28). The van der Waals surface area contributed by atoms with Crippen molar-refractivity contribution in [2.75, 3.05) is 18.4 Å². The summed E-state index contributed by atoms with van der Waals surface area (Å²) in [5, 5.41) is 2.62. The number of aromatic nitrogens is 2. The Morgan fingerprint density at radius 3 is 2.45 bits per heavy atom. The second kappa shape index (κ2) is 9.09. The highest BCUT2D eigenvalue weighted by Crippen LogP contribution is 2.35. The summed E-state index contributed by atoms with van der Waals surface area (Å²) in [6.07, 6.45) is -1.91. The molecule has 1 saturated heterocycles. The Bertz CT molecular complexity index is 1010. The monoisotopic (exact) mass is 455 g/mol. The largest absolute Gasteiger partial charge is 0.417 e. The first-order valence-corrected chi connectivity index (χ1v) is 10.1. The predicted octanol–water partition coefficient (Wildman–Crippen LogP) is 4.18. The molecule has 1 aliphatic rings. The molecule has 0 atom stereocenters. The number of amides is 2. The first kappa shape index (κ1) is 22.8. The Kier molecular flexibility index (Phi) is 6.68. The van der Waals surface area contributed by atoms with E-state index in [-0.39, 0.29) is 22.4 Å². The Hall–Kier alpha value is -2.88. The van der Waals surface area contributed by atoms with Crippen LogP contribution in [-0.2, 0) is 12.6 Å². The zero-order chi connectivity index (χ0) is 22.8. The Morgan fingerprint density at radius 1 is 1.19 bits per heavy atom. The van der Waals surface area contributed by atoms with Gasteiger partial charge >= 0.3 is 6.18 Å². The summed E-state index contributed by atoms with van der Waals surface area (Å²) in [5.74, 6) is -1.74. The average Bonchev–Trinajstić information content (AvgIpc) is 2.73. The number of likely N-dealkylation sites (tertiary alicyclic amines) is 1. The smallest absolute Gasteiger partial charge is 0.364 e. The summed E-state index contributed by atoms with van der Waals surface area (Å²) in [6.45, 7) is 2.60. The van der Waals surface area contributed by atoms with Crippen LogP contribution in [0.5, 0.6) is 0 Å². The van der Waals surface area contributed by atoms with Gasteiger partial charge in [-0.15, -0.1) is 0 Å². The second-order valence-corrected chi connectivity index (χ2v) is 7.47. The van der Waals surface area contributed by atoms with Gasteiger partial charge in [-0.1, -0.05) is 18.5 Å². The molecule has 166 valence electrons. The third kappa shape index (κ3) is 5.07. The molecule has 11 heteroatoms. The van der Waals surface area contributed by atoms with Crippen molar-refractivity contribution in [3.05, 3.63) is 45.9 Å². The van der Waals surface area contributed by atoms with Gasteiger partial charge < -0.3 is 16.0 Å². The molecular formula is C20H21ClF3N5O2. The van der Waals surface area contributed by atoms with Crippen molar-refractivity contribution < 1.29 is 22.8 Å². The van der Waals surface area contributed by atoms with E-state index >= 15 is 0 Å². The van der Waals surface area contributed by atoms with E-state index in [9.17, 15) is 22.8 Å². The fraction of sp³-hybridized carbons (Fsp3) is 0.400. The molecule has 0 unspecified atom stereocenters. The molecular weight excluding hydrogens is 435 g/mol. The van der Waals surface area contributed by atoms with E-state index in [1.807, 2.05) is 0 Å². The molecule has 0 saturated carbocycles. The van der Waals surface area contributed by atoms with Gasteiger partial charge in [-0.05, 0) is 43.9 Å². The molecule has 0 aliphatic carbocycles. The first-order valence-electron chi connectivity index (χ1n) is 9.75. The number of aryl methyl sites for hydroxylation is 1. The molecule has 7 nitrogen and oxygen atoms in total. The molecule has 1 aromatic heterocycles. The van der Waals surface area contributed by atoms with Crippen LogP contribution in [0.25, 0.3) is 0 Å².